The van der Waals surface area contributed by atoms with Crippen LogP contribution < -0.4 is 21.3 Å². The van der Waals surface area contributed by atoms with E-state index in [1.54, 1.807) is 0 Å². The molecule has 1 aliphatic heterocycles. The first-order valence-electron chi connectivity index (χ1n) is 6.52. The molecule has 0 fully saturated rings. The molecule has 0 atom stereocenters. The summed E-state index contributed by atoms with van der Waals surface area (Å²) in [7, 11) is 0. The van der Waals surface area contributed by atoms with Crippen LogP contribution in [0.1, 0.15) is 5.56 Å². The smallest absolute Gasteiger partial charge is 0.323 e. The normalized spacial score (nSPS) is 13.0. The van der Waals surface area contributed by atoms with Crippen molar-refractivity contribution < 1.29 is 4.79 Å². The van der Waals surface area contributed by atoms with E-state index in [-0.39, 0.29) is 6.03 Å². The number of nitrogens with one attached hydrogen (secondary N) is 4. The summed E-state index contributed by atoms with van der Waals surface area (Å²) in [5.74, 6) is 0. The minimum atomic E-state index is -0.243. The van der Waals surface area contributed by atoms with Gasteiger partial charge in [-0.2, -0.15) is 0 Å². The highest BCUT2D eigenvalue weighted by Crippen LogP contribution is 2.22. The molecule has 102 valence electrons. The van der Waals surface area contributed by atoms with Crippen molar-refractivity contribution in [1.29, 1.82) is 0 Å². The highest BCUT2D eigenvalue weighted by Gasteiger charge is 2.09. The topological polar surface area (TPSA) is 65.2 Å². The zero-order valence-corrected chi connectivity index (χ0v) is 10.9. The van der Waals surface area contributed by atoms with Crippen molar-refractivity contribution >= 4 is 23.1 Å². The van der Waals surface area contributed by atoms with Crippen LogP contribution in [0.2, 0.25) is 0 Å². The lowest BCUT2D eigenvalue weighted by atomic mass is 10.1. The fourth-order valence-corrected chi connectivity index (χ4v) is 2.16. The van der Waals surface area contributed by atoms with Crippen molar-refractivity contribution in [2.24, 2.45) is 0 Å². The molecule has 0 aliphatic carbocycles. The van der Waals surface area contributed by atoms with E-state index in [9.17, 15) is 4.79 Å². The van der Waals surface area contributed by atoms with Gasteiger partial charge < -0.3 is 16.0 Å². The van der Waals surface area contributed by atoms with Crippen molar-refractivity contribution in [2.45, 2.75) is 6.54 Å². The van der Waals surface area contributed by atoms with Gasteiger partial charge in [0.25, 0.3) is 0 Å². The molecule has 0 saturated carbocycles. The molecule has 2 aromatic rings. The molecular weight excluding hydrogens is 252 g/mol. The summed E-state index contributed by atoms with van der Waals surface area (Å²) in [4.78, 5) is 11.9. The Morgan fingerprint density at radius 1 is 1.00 bits per heavy atom. The molecule has 20 heavy (non-hydrogen) atoms. The Bertz CT molecular complexity index is 613. The van der Waals surface area contributed by atoms with Crippen molar-refractivity contribution in [1.82, 2.24) is 5.32 Å². The Hall–Kier alpha value is -2.53. The molecule has 0 unspecified atom stereocenters. The molecule has 0 saturated heterocycles. The van der Waals surface area contributed by atoms with Crippen molar-refractivity contribution in [2.75, 3.05) is 22.6 Å². The second kappa shape index (κ2) is 5.63. The third kappa shape index (κ3) is 2.89. The highest BCUT2D eigenvalue weighted by atomic mass is 16.2. The molecule has 1 aliphatic rings. The third-order valence-electron chi connectivity index (χ3n) is 3.11. The number of carbonyl (C=O) groups is 1. The second-order valence-electron chi connectivity index (χ2n) is 4.60. The maximum absolute atomic E-state index is 11.9. The summed E-state index contributed by atoms with van der Waals surface area (Å²) in [6.07, 6.45) is 0. The Morgan fingerprint density at radius 2 is 1.80 bits per heavy atom. The van der Waals surface area contributed by atoms with Crippen LogP contribution in [0.25, 0.3) is 0 Å². The molecule has 5 nitrogen and oxygen atoms in total. The SMILES string of the molecule is O=C(Nc1ccccc1)Nc1ccc2c(c1)CNCN2. The zero-order chi connectivity index (χ0) is 13.8. The minimum Gasteiger partial charge on any atom is -0.372 e. The predicted octanol–water partition coefficient (Wildman–Crippen LogP) is 2.80. The van der Waals surface area contributed by atoms with Crippen molar-refractivity contribution in [3.8, 4) is 0 Å². The van der Waals surface area contributed by atoms with E-state index in [1.165, 1.54) is 0 Å². The van der Waals surface area contributed by atoms with E-state index < -0.39 is 0 Å². The lowest BCUT2D eigenvalue weighted by molar-refractivity contribution is 0.262. The van der Waals surface area contributed by atoms with Gasteiger partial charge in [-0.1, -0.05) is 18.2 Å². The van der Waals surface area contributed by atoms with E-state index >= 15 is 0 Å². The summed E-state index contributed by atoms with van der Waals surface area (Å²) in [5, 5.41) is 12.1. The van der Waals surface area contributed by atoms with Crippen molar-refractivity contribution in [3.05, 3.63) is 54.1 Å². The lowest BCUT2D eigenvalue weighted by Gasteiger charge is -2.20. The van der Waals surface area contributed by atoms with Gasteiger partial charge in [-0.15, -0.1) is 0 Å². The number of hydrogen-bond donors (Lipinski definition) is 4. The largest absolute Gasteiger partial charge is 0.372 e. The summed E-state index contributed by atoms with van der Waals surface area (Å²) in [5.41, 5.74) is 3.81. The standard InChI is InChI=1S/C15H16N4O/c20-15(18-12-4-2-1-3-5-12)19-13-6-7-14-11(8-13)9-16-10-17-14/h1-8,16-17H,9-10H2,(H2,18,19,20). The number of carbonyl (C=O) groups excluding carboxylic acids is 1. The Balaban J connectivity index is 1.67. The summed E-state index contributed by atoms with van der Waals surface area (Å²) < 4.78 is 0. The quantitative estimate of drug-likeness (QED) is 0.677. The van der Waals surface area contributed by atoms with E-state index in [4.69, 9.17) is 0 Å². The molecule has 0 bridgehead atoms. The fraction of sp³-hybridized carbons (Fsp3) is 0.133. The number of amides is 2. The molecule has 0 aromatic heterocycles. The number of para-hydroxylation sites is 1. The van der Waals surface area contributed by atoms with Gasteiger partial charge in [0.15, 0.2) is 0 Å². The van der Waals surface area contributed by atoms with Gasteiger partial charge >= 0.3 is 6.03 Å². The van der Waals surface area contributed by atoms with Gasteiger partial charge in [-0.25, -0.2) is 4.79 Å². The van der Waals surface area contributed by atoms with E-state index in [0.29, 0.717) is 0 Å². The molecule has 5 heteroatoms. The van der Waals surface area contributed by atoms with Gasteiger partial charge in [0.2, 0.25) is 0 Å². The second-order valence-corrected chi connectivity index (χ2v) is 4.60. The summed E-state index contributed by atoms with van der Waals surface area (Å²) in [6, 6.07) is 15.0. The molecule has 0 radical (unpaired) electrons. The van der Waals surface area contributed by atoms with Gasteiger partial charge in [-0.05, 0) is 35.9 Å². The van der Waals surface area contributed by atoms with Crippen LogP contribution in [-0.2, 0) is 6.54 Å². The van der Waals surface area contributed by atoms with Crippen LogP contribution in [0.4, 0.5) is 21.9 Å². The number of benzene rings is 2. The Kier molecular flexibility index (Phi) is 3.52. The van der Waals surface area contributed by atoms with Crippen LogP contribution in [0.15, 0.2) is 48.5 Å². The maximum Gasteiger partial charge on any atom is 0.323 e. The Labute approximate surface area is 117 Å². The Morgan fingerprint density at radius 3 is 2.65 bits per heavy atom. The number of hydrogen-bond acceptors (Lipinski definition) is 3. The van der Waals surface area contributed by atoms with E-state index in [2.05, 4.69) is 21.3 Å². The number of fused-ring (bicyclic) bond motifs is 1. The molecular formula is C15H16N4O. The average Bonchev–Trinajstić information content (AvgIpc) is 2.48. The molecule has 1 heterocycles. The number of anilines is 3. The molecule has 4 N–H and O–H groups in total. The molecule has 0 spiro atoms. The molecule has 2 aromatic carbocycles. The highest BCUT2D eigenvalue weighted by molar-refractivity contribution is 5.99. The minimum absolute atomic E-state index is 0.243. The van der Waals surface area contributed by atoms with Crippen LogP contribution in [0.5, 0.6) is 0 Å². The van der Waals surface area contributed by atoms with Crippen molar-refractivity contribution in [3.63, 3.8) is 0 Å². The summed E-state index contributed by atoms with van der Waals surface area (Å²) >= 11 is 0. The first kappa shape index (κ1) is 12.5. The van der Waals surface area contributed by atoms with Crippen LogP contribution in [0, 0.1) is 0 Å². The van der Waals surface area contributed by atoms with Gasteiger partial charge in [-0.3, -0.25) is 5.32 Å². The lowest BCUT2D eigenvalue weighted by Crippen LogP contribution is -2.27. The monoisotopic (exact) mass is 268 g/mol. The van der Waals surface area contributed by atoms with Crippen LogP contribution >= 0.6 is 0 Å². The average molecular weight is 268 g/mol. The molecule has 2 amide bonds. The van der Waals surface area contributed by atoms with Crippen LogP contribution in [-0.4, -0.2) is 12.7 Å². The number of urea groups is 1. The summed E-state index contributed by atoms with van der Waals surface area (Å²) in [6.45, 7) is 1.58. The van der Waals surface area contributed by atoms with Gasteiger partial charge in [0.05, 0.1) is 6.67 Å². The zero-order valence-electron chi connectivity index (χ0n) is 10.9. The third-order valence-corrected chi connectivity index (χ3v) is 3.11. The molecule has 3 rings (SSSR count). The van der Waals surface area contributed by atoms with Crippen LogP contribution in [0.3, 0.4) is 0 Å². The predicted molar refractivity (Wildman–Crippen MR) is 80.9 cm³/mol. The van der Waals surface area contributed by atoms with E-state index in [1.807, 2.05) is 48.5 Å². The first-order valence-corrected chi connectivity index (χ1v) is 6.52. The first-order chi connectivity index (χ1) is 9.81. The van der Waals surface area contributed by atoms with Gasteiger partial charge in [0.1, 0.15) is 0 Å². The number of rotatable bonds is 2. The van der Waals surface area contributed by atoms with Gasteiger partial charge in [0, 0.05) is 23.6 Å². The fourth-order valence-electron chi connectivity index (χ4n) is 2.16. The maximum atomic E-state index is 11.9. The van der Waals surface area contributed by atoms with E-state index in [0.717, 1.165) is 35.8 Å².